The predicted molar refractivity (Wildman–Crippen MR) is 56.3 cm³/mol. The molecule has 1 aromatic rings. The number of benzene rings is 1. The van der Waals surface area contributed by atoms with Crippen LogP contribution < -0.4 is 10.5 Å². The van der Waals surface area contributed by atoms with Crippen molar-refractivity contribution in [2.45, 2.75) is 6.54 Å². The molecule has 0 aliphatic heterocycles. The average Bonchev–Trinajstić information content (AvgIpc) is 2.05. The van der Waals surface area contributed by atoms with Crippen molar-refractivity contribution < 1.29 is 4.74 Å². The van der Waals surface area contributed by atoms with Gasteiger partial charge in [-0.1, -0.05) is 15.9 Å². The van der Waals surface area contributed by atoms with E-state index in [4.69, 9.17) is 10.5 Å². The number of methoxy groups -OCH3 is 1. The van der Waals surface area contributed by atoms with Crippen LogP contribution in [-0.2, 0) is 6.54 Å². The van der Waals surface area contributed by atoms with Crippen molar-refractivity contribution in [3.63, 3.8) is 0 Å². The fraction of sp³-hybridized carbons (Fsp3) is 0.250. The van der Waals surface area contributed by atoms with Crippen molar-refractivity contribution in [1.29, 1.82) is 0 Å². The molecule has 0 aromatic heterocycles. The van der Waals surface area contributed by atoms with Gasteiger partial charge in [0.05, 0.1) is 11.6 Å². The van der Waals surface area contributed by atoms with Crippen molar-refractivity contribution in [3.05, 3.63) is 26.6 Å². The molecule has 1 rings (SSSR count). The molecule has 4 heteroatoms. The zero-order valence-corrected chi connectivity index (χ0v) is 9.78. The van der Waals surface area contributed by atoms with Gasteiger partial charge in [-0.25, -0.2) is 0 Å². The zero-order valence-electron chi connectivity index (χ0n) is 6.60. The van der Waals surface area contributed by atoms with Crippen molar-refractivity contribution >= 4 is 31.9 Å². The minimum atomic E-state index is 0.504. The molecular weight excluding hydrogens is 286 g/mol. The first-order chi connectivity index (χ1) is 5.69. The fourth-order valence-electron chi connectivity index (χ4n) is 0.884. The van der Waals surface area contributed by atoms with Crippen molar-refractivity contribution in [2.75, 3.05) is 7.11 Å². The molecule has 2 N–H and O–H groups in total. The van der Waals surface area contributed by atoms with E-state index in [1.54, 1.807) is 7.11 Å². The van der Waals surface area contributed by atoms with E-state index < -0.39 is 0 Å². The van der Waals surface area contributed by atoms with E-state index in [1.807, 2.05) is 12.1 Å². The minimum absolute atomic E-state index is 0.504. The number of hydrogen-bond acceptors (Lipinski definition) is 2. The molecule has 1 aromatic carbocycles. The van der Waals surface area contributed by atoms with Gasteiger partial charge in [-0.05, 0) is 33.6 Å². The zero-order chi connectivity index (χ0) is 9.14. The highest BCUT2D eigenvalue weighted by atomic mass is 79.9. The van der Waals surface area contributed by atoms with Crippen LogP contribution in [0.15, 0.2) is 21.1 Å². The van der Waals surface area contributed by atoms with E-state index in [2.05, 4.69) is 31.9 Å². The first kappa shape index (κ1) is 10.0. The highest BCUT2D eigenvalue weighted by Gasteiger charge is 2.04. The van der Waals surface area contributed by atoms with Crippen LogP contribution >= 0.6 is 31.9 Å². The summed E-state index contributed by atoms with van der Waals surface area (Å²) in [6.45, 7) is 0.504. The summed E-state index contributed by atoms with van der Waals surface area (Å²) < 4.78 is 7.04. The highest BCUT2D eigenvalue weighted by Crippen LogP contribution is 2.30. The van der Waals surface area contributed by atoms with Gasteiger partial charge in [0, 0.05) is 11.0 Å². The summed E-state index contributed by atoms with van der Waals surface area (Å²) in [5, 5.41) is 0. The number of hydrogen-bond donors (Lipinski definition) is 1. The second-order valence-corrected chi connectivity index (χ2v) is 3.99. The Labute approximate surface area is 88.3 Å². The molecule has 0 aliphatic rings. The number of rotatable bonds is 2. The van der Waals surface area contributed by atoms with E-state index in [0.29, 0.717) is 6.54 Å². The summed E-state index contributed by atoms with van der Waals surface area (Å²) in [4.78, 5) is 0. The molecule has 0 atom stereocenters. The van der Waals surface area contributed by atoms with E-state index in [1.165, 1.54) is 0 Å². The lowest BCUT2D eigenvalue weighted by molar-refractivity contribution is 0.411. The molecule has 0 fully saturated rings. The summed E-state index contributed by atoms with van der Waals surface area (Å²) in [6, 6.07) is 3.84. The Hall–Kier alpha value is -0.0600. The van der Waals surface area contributed by atoms with Gasteiger partial charge in [-0.2, -0.15) is 0 Å². The summed E-state index contributed by atoms with van der Waals surface area (Å²) in [5.74, 6) is 0.804. The third kappa shape index (κ3) is 2.00. The third-order valence-electron chi connectivity index (χ3n) is 1.54. The summed E-state index contributed by atoms with van der Waals surface area (Å²) in [6.07, 6.45) is 0. The van der Waals surface area contributed by atoms with Gasteiger partial charge in [0.1, 0.15) is 5.75 Å². The molecule has 0 aliphatic carbocycles. The average molecular weight is 295 g/mol. The second-order valence-electron chi connectivity index (χ2n) is 2.28. The van der Waals surface area contributed by atoms with Gasteiger partial charge < -0.3 is 10.5 Å². The molecular formula is C8H9Br2NO. The minimum Gasteiger partial charge on any atom is -0.496 e. The normalized spacial score (nSPS) is 10.0. The van der Waals surface area contributed by atoms with E-state index in [9.17, 15) is 0 Å². The van der Waals surface area contributed by atoms with Gasteiger partial charge in [0.25, 0.3) is 0 Å². The maximum absolute atomic E-state index is 5.52. The Morgan fingerprint density at radius 3 is 2.50 bits per heavy atom. The second kappa shape index (κ2) is 4.25. The monoisotopic (exact) mass is 293 g/mol. The van der Waals surface area contributed by atoms with E-state index in [-0.39, 0.29) is 0 Å². The maximum Gasteiger partial charge on any atom is 0.133 e. The Kier molecular flexibility index (Phi) is 3.55. The molecule has 0 unspecified atom stereocenters. The standard InChI is InChI=1S/C8H9Br2NO/c1-12-8-2-5(4-11)6(9)3-7(8)10/h2-3H,4,11H2,1H3. The van der Waals surface area contributed by atoms with Gasteiger partial charge in [-0.3, -0.25) is 0 Å². The Morgan fingerprint density at radius 2 is 2.00 bits per heavy atom. The molecule has 12 heavy (non-hydrogen) atoms. The molecule has 66 valence electrons. The van der Waals surface area contributed by atoms with Crippen LogP contribution in [0.1, 0.15) is 5.56 Å². The number of halogens is 2. The molecule has 0 saturated heterocycles. The Bertz CT molecular complexity index is 263. The highest BCUT2D eigenvalue weighted by molar-refractivity contribution is 9.11. The van der Waals surface area contributed by atoms with Crippen LogP contribution in [0.4, 0.5) is 0 Å². The predicted octanol–water partition coefficient (Wildman–Crippen LogP) is 2.68. The summed E-state index contributed by atoms with van der Waals surface area (Å²) in [7, 11) is 1.63. The Balaban J connectivity index is 3.18. The molecule has 0 bridgehead atoms. The Morgan fingerprint density at radius 1 is 1.33 bits per heavy atom. The molecule has 0 spiro atoms. The quantitative estimate of drug-likeness (QED) is 0.910. The van der Waals surface area contributed by atoms with E-state index in [0.717, 1.165) is 20.3 Å². The van der Waals surface area contributed by atoms with Gasteiger partial charge >= 0.3 is 0 Å². The molecule has 0 amide bonds. The SMILES string of the molecule is COc1cc(CN)c(Br)cc1Br. The van der Waals surface area contributed by atoms with Crippen molar-refractivity contribution in [2.24, 2.45) is 5.73 Å². The first-order valence-corrected chi connectivity index (χ1v) is 4.99. The van der Waals surface area contributed by atoms with Crippen LogP contribution in [-0.4, -0.2) is 7.11 Å². The third-order valence-corrected chi connectivity index (χ3v) is 2.90. The lowest BCUT2D eigenvalue weighted by atomic mass is 10.2. The lowest BCUT2D eigenvalue weighted by Crippen LogP contribution is -1.98. The number of nitrogens with two attached hydrogens (primary N) is 1. The molecule has 0 heterocycles. The molecule has 0 saturated carbocycles. The van der Waals surface area contributed by atoms with Crippen LogP contribution in [0.25, 0.3) is 0 Å². The first-order valence-electron chi connectivity index (χ1n) is 3.41. The molecule has 2 nitrogen and oxygen atoms in total. The fourth-order valence-corrected chi connectivity index (χ4v) is 2.20. The lowest BCUT2D eigenvalue weighted by Gasteiger charge is -2.07. The summed E-state index contributed by atoms with van der Waals surface area (Å²) >= 11 is 6.78. The smallest absolute Gasteiger partial charge is 0.133 e. The van der Waals surface area contributed by atoms with Gasteiger partial charge in [0.15, 0.2) is 0 Å². The topological polar surface area (TPSA) is 35.2 Å². The molecule has 0 radical (unpaired) electrons. The van der Waals surface area contributed by atoms with Crippen LogP contribution in [0, 0.1) is 0 Å². The van der Waals surface area contributed by atoms with Crippen molar-refractivity contribution in [1.82, 2.24) is 0 Å². The van der Waals surface area contributed by atoms with Crippen LogP contribution in [0.5, 0.6) is 5.75 Å². The van der Waals surface area contributed by atoms with Gasteiger partial charge in [0.2, 0.25) is 0 Å². The summed E-state index contributed by atoms with van der Waals surface area (Å²) in [5.41, 5.74) is 6.56. The van der Waals surface area contributed by atoms with E-state index >= 15 is 0 Å². The van der Waals surface area contributed by atoms with Crippen LogP contribution in [0.2, 0.25) is 0 Å². The van der Waals surface area contributed by atoms with Crippen molar-refractivity contribution in [3.8, 4) is 5.75 Å². The van der Waals surface area contributed by atoms with Gasteiger partial charge in [-0.15, -0.1) is 0 Å². The van der Waals surface area contributed by atoms with Crippen LogP contribution in [0.3, 0.4) is 0 Å². The maximum atomic E-state index is 5.52. The number of ether oxygens (including phenoxy) is 1. The largest absolute Gasteiger partial charge is 0.496 e.